The number of nitrogens with one attached hydrogen (secondary N) is 2. The van der Waals surface area contributed by atoms with E-state index in [9.17, 15) is 24.3 Å². The second-order valence-corrected chi connectivity index (χ2v) is 6.73. The number of benzene rings is 2. The smallest absolute Gasteiger partial charge is 0.336 e. The van der Waals surface area contributed by atoms with Crippen molar-refractivity contribution in [2.75, 3.05) is 5.32 Å². The molecular formula is C21H22N2O6. The highest BCUT2D eigenvalue weighted by Gasteiger charge is 2.25. The molecule has 2 aromatic rings. The molecule has 2 rings (SSSR count). The minimum Gasteiger partial charge on any atom is -0.481 e. The summed E-state index contributed by atoms with van der Waals surface area (Å²) in [4.78, 5) is 46.7. The molecule has 152 valence electrons. The van der Waals surface area contributed by atoms with E-state index in [1.54, 1.807) is 56.3 Å². The molecule has 0 saturated carbocycles. The van der Waals surface area contributed by atoms with Crippen LogP contribution in [0.3, 0.4) is 0 Å². The van der Waals surface area contributed by atoms with Gasteiger partial charge in [0.1, 0.15) is 6.04 Å². The van der Waals surface area contributed by atoms with E-state index in [4.69, 9.17) is 5.11 Å². The molecule has 0 unspecified atom stereocenters. The number of hydrogen-bond donors (Lipinski definition) is 4. The van der Waals surface area contributed by atoms with Gasteiger partial charge in [-0.25, -0.2) is 4.79 Å². The van der Waals surface area contributed by atoms with Gasteiger partial charge in [0.2, 0.25) is 11.8 Å². The Kier molecular flexibility index (Phi) is 7.08. The van der Waals surface area contributed by atoms with E-state index in [2.05, 4.69) is 10.6 Å². The molecule has 0 aliphatic carbocycles. The van der Waals surface area contributed by atoms with Crippen molar-refractivity contribution in [3.63, 3.8) is 0 Å². The third-order valence-electron chi connectivity index (χ3n) is 4.16. The van der Waals surface area contributed by atoms with Gasteiger partial charge in [0.25, 0.3) is 0 Å². The van der Waals surface area contributed by atoms with Gasteiger partial charge in [-0.3, -0.25) is 14.4 Å². The fraction of sp³-hybridized carbons (Fsp3) is 0.238. The van der Waals surface area contributed by atoms with Crippen LogP contribution in [0.5, 0.6) is 0 Å². The lowest BCUT2D eigenvalue weighted by Gasteiger charge is -2.18. The molecule has 0 fully saturated rings. The van der Waals surface area contributed by atoms with Gasteiger partial charge >= 0.3 is 11.9 Å². The van der Waals surface area contributed by atoms with Gasteiger partial charge in [0.05, 0.1) is 12.0 Å². The van der Waals surface area contributed by atoms with Gasteiger partial charge in [-0.15, -0.1) is 0 Å². The van der Waals surface area contributed by atoms with Crippen molar-refractivity contribution < 1.29 is 29.4 Å². The molecule has 4 N–H and O–H groups in total. The van der Waals surface area contributed by atoms with E-state index in [1.807, 2.05) is 0 Å². The quantitative estimate of drug-likeness (QED) is 0.540. The molecule has 0 bridgehead atoms. The molecule has 2 amide bonds. The van der Waals surface area contributed by atoms with E-state index in [1.165, 1.54) is 6.07 Å². The number of anilines is 1. The molecule has 0 aromatic heterocycles. The van der Waals surface area contributed by atoms with Crippen LogP contribution >= 0.6 is 0 Å². The van der Waals surface area contributed by atoms with Crippen molar-refractivity contribution in [1.82, 2.24) is 5.32 Å². The van der Waals surface area contributed by atoms with E-state index in [0.29, 0.717) is 16.8 Å². The molecule has 1 atom stereocenters. The van der Waals surface area contributed by atoms with Gasteiger partial charge in [-0.1, -0.05) is 44.2 Å². The van der Waals surface area contributed by atoms with Gasteiger partial charge in [-0.05, 0) is 29.3 Å². The summed E-state index contributed by atoms with van der Waals surface area (Å²) in [5.74, 6) is -3.73. The molecule has 0 radical (unpaired) electrons. The number of carbonyl (C=O) groups excluding carboxylic acids is 2. The van der Waals surface area contributed by atoms with Crippen LogP contribution in [-0.4, -0.2) is 40.0 Å². The van der Waals surface area contributed by atoms with Gasteiger partial charge < -0.3 is 20.8 Å². The first-order valence-electron chi connectivity index (χ1n) is 8.94. The van der Waals surface area contributed by atoms with Gasteiger partial charge in [-0.2, -0.15) is 0 Å². The number of amides is 2. The van der Waals surface area contributed by atoms with Crippen molar-refractivity contribution in [3.05, 3.63) is 54.1 Å². The standard InChI is InChI=1S/C21H22N2O6/c1-12(2)19(26)23-17(11-18(24)25)20(27)22-14-9-7-13(8-10-14)15-5-3-4-6-16(15)21(28)29/h3-10,12,17H,11H2,1-2H3,(H,22,27)(H,23,26)(H,24,25)(H,28,29)/t17-/m0/s1. The molecule has 0 saturated heterocycles. The molecular weight excluding hydrogens is 376 g/mol. The Hall–Kier alpha value is -3.68. The summed E-state index contributed by atoms with van der Waals surface area (Å²) in [6.45, 7) is 3.28. The van der Waals surface area contributed by atoms with Crippen LogP contribution in [0.4, 0.5) is 5.69 Å². The number of aliphatic carboxylic acids is 1. The number of carboxylic acids is 2. The third kappa shape index (κ3) is 5.90. The lowest BCUT2D eigenvalue weighted by molar-refractivity contribution is -0.140. The predicted octanol–water partition coefficient (Wildman–Crippen LogP) is 2.61. The minimum absolute atomic E-state index is 0.155. The number of rotatable bonds is 8. The van der Waals surface area contributed by atoms with E-state index >= 15 is 0 Å². The Morgan fingerprint density at radius 1 is 0.897 bits per heavy atom. The molecule has 29 heavy (non-hydrogen) atoms. The van der Waals surface area contributed by atoms with E-state index < -0.39 is 42.1 Å². The third-order valence-corrected chi connectivity index (χ3v) is 4.16. The average Bonchev–Trinajstić information content (AvgIpc) is 2.67. The molecule has 8 nitrogen and oxygen atoms in total. The van der Waals surface area contributed by atoms with Crippen LogP contribution in [0.15, 0.2) is 48.5 Å². The lowest BCUT2D eigenvalue weighted by atomic mass is 9.99. The highest BCUT2D eigenvalue weighted by atomic mass is 16.4. The van der Waals surface area contributed by atoms with Crippen molar-refractivity contribution in [1.29, 1.82) is 0 Å². The van der Waals surface area contributed by atoms with E-state index in [-0.39, 0.29) is 5.56 Å². The topological polar surface area (TPSA) is 133 Å². The summed E-state index contributed by atoms with van der Waals surface area (Å²) in [5.41, 5.74) is 1.73. The number of carbonyl (C=O) groups is 4. The molecule has 8 heteroatoms. The maximum absolute atomic E-state index is 12.4. The lowest BCUT2D eigenvalue weighted by Crippen LogP contribution is -2.46. The van der Waals surface area contributed by atoms with Crippen LogP contribution < -0.4 is 10.6 Å². The van der Waals surface area contributed by atoms with Gasteiger partial charge in [0, 0.05) is 11.6 Å². The second kappa shape index (κ2) is 9.50. The normalized spacial score (nSPS) is 11.6. The molecule has 0 aliphatic heterocycles. The Morgan fingerprint density at radius 2 is 1.52 bits per heavy atom. The Morgan fingerprint density at radius 3 is 2.07 bits per heavy atom. The zero-order valence-corrected chi connectivity index (χ0v) is 16.0. The molecule has 0 aliphatic rings. The highest BCUT2D eigenvalue weighted by Crippen LogP contribution is 2.25. The van der Waals surface area contributed by atoms with Crippen LogP contribution in [-0.2, 0) is 14.4 Å². The Bertz CT molecular complexity index is 921. The summed E-state index contributed by atoms with van der Waals surface area (Å²) in [6, 6.07) is 11.8. The maximum atomic E-state index is 12.4. The van der Waals surface area contributed by atoms with Crippen LogP contribution in [0, 0.1) is 5.92 Å². The maximum Gasteiger partial charge on any atom is 0.336 e. The van der Waals surface area contributed by atoms with Crippen molar-refractivity contribution >= 4 is 29.4 Å². The van der Waals surface area contributed by atoms with Crippen LogP contribution in [0.25, 0.3) is 11.1 Å². The minimum atomic E-state index is -1.21. The molecule has 0 heterocycles. The number of hydrogen-bond acceptors (Lipinski definition) is 4. The van der Waals surface area contributed by atoms with E-state index in [0.717, 1.165) is 0 Å². The second-order valence-electron chi connectivity index (χ2n) is 6.73. The summed E-state index contributed by atoms with van der Waals surface area (Å²) in [6.07, 6.45) is -0.547. The Balaban J connectivity index is 2.17. The predicted molar refractivity (Wildman–Crippen MR) is 106 cm³/mol. The summed E-state index contributed by atoms with van der Waals surface area (Å²) >= 11 is 0. The summed E-state index contributed by atoms with van der Waals surface area (Å²) in [7, 11) is 0. The summed E-state index contributed by atoms with van der Waals surface area (Å²) in [5, 5.41) is 23.3. The Labute approximate surface area is 167 Å². The van der Waals surface area contributed by atoms with Gasteiger partial charge in [0.15, 0.2) is 0 Å². The number of aromatic carboxylic acids is 1. The molecule has 0 spiro atoms. The highest BCUT2D eigenvalue weighted by molar-refractivity contribution is 6.00. The average molecular weight is 398 g/mol. The van der Waals surface area contributed by atoms with Crippen LogP contribution in [0.2, 0.25) is 0 Å². The van der Waals surface area contributed by atoms with Crippen molar-refractivity contribution in [3.8, 4) is 11.1 Å². The summed E-state index contributed by atoms with van der Waals surface area (Å²) < 4.78 is 0. The SMILES string of the molecule is CC(C)C(=O)N[C@@H](CC(=O)O)C(=O)Nc1ccc(-c2ccccc2C(=O)O)cc1. The van der Waals surface area contributed by atoms with Crippen molar-refractivity contribution in [2.45, 2.75) is 26.3 Å². The fourth-order valence-electron chi connectivity index (χ4n) is 2.61. The monoisotopic (exact) mass is 398 g/mol. The van der Waals surface area contributed by atoms with Crippen LogP contribution in [0.1, 0.15) is 30.6 Å². The van der Waals surface area contributed by atoms with Crippen molar-refractivity contribution in [2.24, 2.45) is 5.92 Å². The first kappa shape index (κ1) is 21.6. The number of carboxylic acid groups (broad SMARTS) is 2. The molecule has 2 aromatic carbocycles. The first-order chi connectivity index (χ1) is 13.7. The first-order valence-corrected chi connectivity index (χ1v) is 8.94. The fourth-order valence-corrected chi connectivity index (χ4v) is 2.61. The zero-order chi connectivity index (χ0) is 21.6. The largest absolute Gasteiger partial charge is 0.481 e. The zero-order valence-electron chi connectivity index (χ0n) is 16.0.